The summed E-state index contributed by atoms with van der Waals surface area (Å²) in [4.78, 5) is 0. The van der Waals surface area contributed by atoms with Gasteiger partial charge in [0.05, 0.1) is 17.1 Å². The van der Waals surface area contributed by atoms with Gasteiger partial charge in [-0.25, -0.2) is 0 Å². The van der Waals surface area contributed by atoms with Crippen LogP contribution in [0.25, 0.3) is 0 Å². The summed E-state index contributed by atoms with van der Waals surface area (Å²) in [7, 11) is 0.979. The molecule has 0 amide bonds. The highest BCUT2D eigenvalue weighted by atomic mass is 28.1. The van der Waals surface area contributed by atoms with Gasteiger partial charge in [-0.15, -0.1) is 0 Å². The lowest BCUT2D eigenvalue weighted by Crippen LogP contribution is -2.08. The summed E-state index contributed by atoms with van der Waals surface area (Å²) in [6.07, 6.45) is 0. The molecule has 1 rings (SSSR count). The number of rotatable bonds is 2. The Morgan fingerprint density at radius 1 is 0.818 bits per heavy atom. The Bertz CT molecular complexity index is 464. The van der Waals surface area contributed by atoms with Crippen molar-refractivity contribution in [1.82, 2.24) is 0 Å². The molecule has 6 nitrogen and oxygen atoms in total. The molecule has 1 atom stereocenters. The first-order chi connectivity index (χ1) is 10.3. The summed E-state index contributed by atoms with van der Waals surface area (Å²) in [6, 6.07) is 10.1. The van der Waals surface area contributed by atoms with Crippen LogP contribution < -0.4 is 0 Å². The van der Waals surface area contributed by atoms with Crippen LogP contribution in [0.2, 0.25) is 0 Å². The summed E-state index contributed by atoms with van der Waals surface area (Å²) >= 11 is 0. The molecule has 1 aromatic rings. The average Bonchev–Trinajstić information content (AvgIpc) is 2.55. The molecule has 0 radical (unpaired) electrons. The molecule has 7 heteroatoms. The summed E-state index contributed by atoms with van der Waals surface area (Å²) in [5.74, 6) is 0. The Morgan fingerprint density at radius 2 is 1.18 bits per heavy atom. The van der Waals surface area contributed by atoms with Gasteiger partial charge in [0.15, 0.2) is 0 Å². The Hall–Kier alpha value is -2.15. The molecule has 0 heterocycles. The van der Waals surface area contributed by atoms with Crippen LogP contribution in [-0.4, -0.2) is 43.0 Å². The van der Waals surface area contributed by atoms with Gasteiger partial charge >= 0.3 is 0 Å². The third-order valence-electron chi connectivity index (χ3n) is 2.48. The Labute approximate surface area is 135 Å². The van der Waals surface area contributed by atoms with E-state index >= 15 is 0 Å². The van der Waals surface area contributed by atoms with E-state index in [2.05, 4.69) is 27.6 Å². The average molecular weight is 325 g/mol. The highest BCUT2D eigenvalue weighted by Gasteiger charge is 2.07. The van der Waals surface area contributed by atoms with Crippen LogP contribution in [0.5, 0.6) is 0 Å². The van der Waals surface area contributed by atoms with Crippen LogP contribution in [0, 0.1) is 0 Å². The highest BCUT2D eigenvalue weighted by Crippen LogP contribution is 2.12. The van der Waals surface area contributed by atoms with Crippen LogP contribution in [0.4, 0.5) is 0 Å². The Balaban J connectivity index is 0. The molecular weight excluding hydrogens is 298 g/mol. The summed E-state index contributed by atoms with van der Waals surface area (Å²) in [5, 5.41) is 32.9. The molecule has 3 N–H and O–H groups in total. The fourth-order valence-electron chi connectivity index (χ4n) is 1.07. The minimum absolute atomic E-state index is 0.330. The van der Waals surface area contributed by atoms with Gasteiger partial charge in [0, 0.05) is 15.8 Å². The van der Waals surface area contributed by atoms with Gasteiger partial charge in [-0.2, -0.15) is 0 Å². The van der Waals surface area contributed by atoms with Crippen molar-refractivity contribution in [3.05, 3.63) is 35.9 Å². The molecule has 22 heavy (non-hydrogen) atoms. The van der Waals surface area contributed by atoms with Crippen LogP contribution in [0.1, 0.15) is 45.7 Å². The minimum Gasteiger partial charge on any atom is -0.411 e. The second kappa shape index (κ2) is 13.8. The number of hydrogen-bond donors (Lipinski definition) is 3. The first-order valence-electron chi connectivity index (χ1n) is 6.84. The molecule has 0 aliphatic carbocycles. The van der Waals surface area contributed by atoms with Crippen LogP contribution in [0.15, 0.2) is 45.8 Å². The number of hydrogen-bond acceptors (Lipinski definition) is 6. The van der Waals surface area contributed by atoms with Crippen molar-refractivity contribution in [2.45, 2.75) is 40.2 Å². The van der Waals surface area contributed by atoms with E-state index < -0.39 is 0 Å². The van der Waals surface area contributed by atoms with Crippen LogP contribution in [-0.2, 0) is 0 Å². The van der Waals surface area contributed by atoms with E-state index in [1.54, 1.807) is 27.7 Å². The first kappa shape index (κ1) is 22.1. The van der Waals surface area contributed by atoms with E-state index in [0.29, 0.717) is 17.0 Å². The zero-order chi connectivity index (χ0) is 17.5. The Morgan fingerprint density at radius 3 is 1.45 bits per heavy atom. The molecule has 1 aromatic carbocycles. The monoisotopic (exact) mass is 325 g/mol. The second-order valence-electron chi connectivity index (χ2n) is 4.97. The van der Waals surface area contributed by atoms with E-state index in [-0.39, 0.29) is 0 Å². The van der Waals surface area contributed by atoms with Gasteiger partial charge in [-0.3, -0.25) is 0 Å². The standard InChI is InChI=1S/C9H13NOSi.2C3H7NO/c1-7(10-11)9(12)8-5-3-2-4-6-8;2*1-3(2)4-5/h2-6,9,11H,1,12H3;2*5H,1-2H3. The summed E-state index contributed by atoms with van der Waals surface area (Å²) in [5.41, 5.74) is 3.73. The van der Waals surface area contributed by atoms with Crippen LogP contribution in [0.3, 0.4) is 0 Å². The van der Waals surface area contributed by atoms with Gasteiger partial charge in [-0.05, 0) is 40.2 Å². The zero-order valence-corrected chi connectivity index (χ0v) is 16.1. The van der Waals surface area contributed by atoms with Crippen molar-refractivity contribution in [1.29, 1.82) is 0 Å². The second-order valence-corrected chi connectivity index (χ2v) is 6.12. The van der Waals surface area contributed by atoms with Crippen molar-refractivity contribution in [2.24, 2.45) is 15.5 Å². The molecule has 0 aromatic heterocycles. The third kappa shape index (κ3) is 12.9. The van der Waals surface area contributed by atoms with Gasteiger partial charge in [0.2, 0.25) is 0 Å². The van der Waals surface area contributed by atoms with Gasteiger partial charge < -0.3 is 15.6 Å². The maximum atomic E-state index is 8.58. The fourth-order valence-corrected chi connectivity index (χ4v) is 1.57. The number of oxime groups is 3. The van der Waals surface area contributed by atoms with E-state index in [9.17, 15) is 0 Å². The zero-order valence-electron chi connectivity index (χ0n) is 14.1. The van der Waals surface area contributed by atoms with E-state index in [1.165, 1.54) is 5.56 Å². The van der Waals surface area contributed by atoms with Gasteiger partial charge in [0.1, 0.15) is 0 Å². The van der Waals surface area contributed by atoms with Crippen LogP contribution >= 0.6 is 0 Å². The van der Waals surface area contributed by atoms with E-state index in [4.69, 9.17) is 15.6 Å². The number of benzene rings is 1. The summed E-state index contributed by atoms with van der Waals surface area (Å²) < 4.78 is 0. The fraction of sp³-hybridized carbons (Fsp3) is 0.400. The third-order valence-corrected chi connectivity index (χ3v) is 3.99. The molecular formula is C15H27N3O3Si. The lowest BCUT2D eigenvalue weighted by molar-refractivity contribution is 0.317. The van der Waals surface area contributed by atoms with Gasteiger partial charge in [-0.1, -0.05) is 45.8 Å². The molecule has 0 saturated carbocycles. The molecule has 0 saturated heterocycles. The van der Waals surface area contributed by atoms with Crippen molar-refractivity contribution >= 4 is 27.4 Å². The van der Waals surface area contributed by atoms with Gasteiger partial charge in [0.25, 0.3) is 0 Å². The summed E-state index contributed by atoms with van der Waals surface area (Å²) in [6.45, 7) is 8.74. The number of nitrogens with zero attached hydrogens (tertiary/aromatic N) is 3. The van der Waals surface area contributed by atoms with Crippen molar-refractivity contribution < 1.29 is 15.6 Å². The topological polar surface area (TPSA) is 97.8 Å². The first-order valence-corrected chi connectivity index (χ1v) is 7.99. The molecule has 124 valence electrons. The largest absolute Gasteiger partial charge is 0.411 e. The molecule has 0 spiro atoms. The lowest BCUT2D eigenvalue weighted by Gasteiger charge is -2.08. The normalized spacial score (nSPS) is 11.0. The molecule has 0 aliphatic rings. The molecule has 1 unspecified atom stereocenters. The minimum atomic E-state index is 0.330. The molecule has 0 fully saturated rings. The van der Waals surface area contributed by atoms with Crippen molar-refractivity contribution in [2.75, 3.05) is 0 Å². The Kier molecular flexibility index (Phi) is 13.9. The predicted octanol–water partition coefficient (Wildman–Crippen LogP) is 2.66. The lowest BCUT2D eigenvalue weighted by atomic mass is 10.1. The smallest absolute Gasteiger partial charge is 0.0577 e. The van der Waals surface area contributed by atoms with E-state index in [0.717, 1.165) is 16.0 Å². The quantitative estimate of drug-likeness (QED) is 0.337. The predicted molar refractivity (Wildman–Crippen MR) is 95.2 cm³/mol. The SMILES string of the molecule is CC(=NO)C([SiH3])c1ccccc1.CC(C)=NO.CC(C)=NO. The highest BCUT2D eigenvalue weighted by molar-refractivity contribution is 6.25. The molecule has 0 aliphatic heterocycles. The van der Waals surface area contributed by atoms with E-state index in [1.807, 2.05) is 25.1 Å². The molecule has 0 bridgehead atoms. The maximum Gasteiger partial charge on any atom is 0.0577 e. The van der Waals surface area contributed by atoms with Crippen molar-refractivity contribution in [3.63, 3.8) is 0 Å². The van der Waals surface area contributed by atoms with Crippen molar-refractivity contribution in [3.8, 4) is 0 Å². The maximum absolute atomic E-state index is 8.58.